The fourth-order valence-corrected chi connectivity index (χ4v) is 6.08. The van der Waals surface area contributed by atoms with Crippen molar-refractivity contribution in [2.24, 2.45) is 11.8 Å². The Morgan fingerprint density at radius 2 is 1.70 bits per heavy atom. The van der Waals surface area contributed by atoms with Crippen LogP contribution in [0.2, 0.25) is 0 Å². The third kappa shape index (κ3) is 7.51. The van der Waals surface area contributed by atoms with Gasteiger partial charge in [0.25, 0.3) is 15.7 Å². The lowest BCUT2D eigenvalue weighted by Crippen LogP contribution is -2.41. The summed E-state index contributed by atoms with van der Waals surface area (Å²) in [4.78, 5) is 15.6. The van der Waals surface area contributed by atoms with Crippen LogP contribution >= 0.6 is 0 Å². The smallest absolute Gasteiger partial charge is 0.383 e. The number of carbonyl (C=O) groups excluding carboxylic acids is 1. The first-order chi connectivity index (χ1) is 22.2. The van der Waals surface area contributed by atoms with Crippen LogP contribution in [0.4, 0.5) is 27.6 Å². The van der Waals surface area contributed by atoms with Crippen LogP contribution < -0.4 is 5.32 Å². The predicted molar refractivity (Wildman–Crippen MR) is 156 cm³/mol. The van der Waals surface area contributed by atoms with Gasteiger partial charge in [-0.3, -0.25) is 4.79 Å². The van der Waals surface area contributed by atoms with Gasteiger partial charge in [-0.1, -0.05) is 25.1 Å². The Kier molecular flexibility index (Phi) is 9.77. The van der Waals surface area contributed by atoms with Gasteiger partial charge in [0, 0.05) is 34.4 Å². The van der Waals surface area contributed by atoms with Crippen LogP contribution in [0, 0.1) is 23.5 Å². The van der Waals surface area contributed by atoms with Gasteiger partial charge in [0.05, 0.1) is 24.7 Å². The van der Waals surface area contributed by atoms with E-state index in [0.717, 1.165) is 30.3 Å². The SMILES string of the molecule is CC(CC1COC(c2ccc(C(=O)Nc3ccc(S(=O)(=O)C(F)(F)F)cc3)cc2)OC1)C(O)(Cn1cncn1)c1ccc(F)cc1F. The van der Waals surface area contributed by atoms with Gasteiger partial charge in [0.2, 0.25) is 0 Å². The highest BCUT2D eigenvalue weighted by Gasteiger charge is 2.47. The molecule has 0 saturated carbocycles. The average Bonchev–Trinajstić information content (AvgIpc) is 3.54. The first-order valence-electron chi connectivity index (χ1n) is 14.2. The van der Waals surface area contributed by atoms with Crippen molar-refractivity contribution in [2.75, 3.05) is 18.5 Å². The van der Waals surface area contributed by atoms with Crippen molar-refractivity contribution in [3.63, 3.8) is 0 Å². The molecule has 2 heterocycles. The number of rotatable bonds is 10. The quantitative estimate of drug-likeness (QED) is 0.214. The van der Waals surface area contributed by atoms with Crippen LogP contribution in [0.15, 0.2) is 84.3 Å². The number of benzene rings is 3. The number of amides is 1. The molecule has 0 aliphatic carbocycles. The molecule has 2 N–H and O–H groups in total. The van der Waals surface area contributed by atoms with Gasteiger partial charge in [0.1, 0.15) is 29.9 Å². The molecule has 5 rings (SSSR count). The van der Waals surface area contributed by atoms with Gasteiger partial charge in [-0.05, 0) is 54.8 Å². The van der Waals surface area contributed by atoms with Crippen LogP contribution in [0.3, 0.4) is 0 Å². The Morgan fingerprint density at radius 3 is 2.28 bits per heavy atom. The first kappa shape index (κ1) is 34.1. The predicted octanol–water partition coefficient (Wildman–Crippen LogP) is 5.38. The number of aromatic nitrogens is 3. The fraction of sp³-hybridized carbons (Fsp3) is 0.323. The first-order valence-corrected chi connectivity index (χ1v) is 15.7. The van der Waals surface area contributed by atoms with Gasteiger partial charge in [0.15, 0.2) is 6.29 Å². The normalized spacial score (nSPS) is 19.1. The zero-order valence-electron chi connectivity index (χ0n) is 24.7. The summed E-state index contributed by atoms with van der Waals surface area (Å²) in [5.41, 5.74) is -6.38. The molecule has 10 nitrogen and oxygen atoms in total. The second kappa shape index (κ2) is 13.5. The molecule has 2 atom stereocenters. The summed E-state index contributed by atoms with van der Waals surface area (Å²) < 4.78 is 103. The molecule has 3 aromatic carbocycles. The third-order valence-corrected chi connectivity index (χ3v) is 9.41. The second-order valence-corrected chi connectivity index (χ2v) is 13.1. The summed E-state index contributed by atoms with van der Waals surface area (Å²) in [6.45, 7) is 2.10. The number of anilines is 1. The highest BCUT2D eigenvalue weighted by atomic mass is 32.2. The van der Waals surface area contributed by atoms with Crippen LogP contribution in [0.25, 0.3) is 0 Å². The summed E-state index contributed by atoms with van der Waals surface area (Å²) in [7, 11) is -5.51. The number of hydrogen-bond acceptors (Lipinski definition) is 8. The summed E-state index contributed by atoms with van der Waals surface area (Å²) in [6, 6.07) is 12.8. The Hall–Kier alpha value is -4.25. The molecule has 47 heavy (non-hydrogen) atoms. The molecule has 16 heteroatoms. The maximum atomic E-state index is 14.9. The topological polar surface area (TPSA) is 133 Å². The van der Waals surface area contributed by atoms with E-state index in [4.69, 9.17) is 9.47 Å². The zero-order chi connectivity index (χ0) is 34.0. The van der Waals surface area contributed by atoms with Crippen molar-refractivity contribution in [2.45, 2.75) is 42.2 Å². The molecule has 1 saturated heterocycles. The fourth-order valence-electron chi connectivity index (χ4n) is 5.32. The van der Waals surface area contributed by atoms with E-state index in [0.29, 0.717) is 18.1 Å². The summed E-state index contributed by atoms with van der Waals surface area (Å²) in [6.07, 6.45) is 2.27. The largest absolute Gasteiger partial charge is 0.501 e. The lowest BCUT2D eigenvalue weighted by molar-refractivity contribution is -0.210. The molecule has 0 bridgehead atoms. The number of sulfone groups is 1. The maximum Gasteiger partial charge on any atom is 0.501 e. The molecule has 1 aliphatic rings. The van der Waals surface area contributed by atoms with Gasteiger partial charge in [-0.2, -0.15) is 18.3 Å². The van der Waals surface area contributed by atoms with Crippen LogP contribution in [0.5, 0.6) is 0 Å². The number of hydrogen-bond donors (Lipinski definition) is 2. The molecule has 1 aliphatic heterocycles. The molecule has 0 radical (unpaired) electrons. The number of nitrogens with zero attached hydrogens (tertiary/aromatic N) is 3. The van der Waals surface area contributed by atoms with Crippen molar-refractivity contribution in [1.82, 2.24) is 14.8 Å². The second-order valence-electron chi connectivity index (χ2n) is 11.2. The molecule has 4 aromatic rings. The molecule has 0 spiro atoms. The van der Waals surface area contributed by atoms with Crippen LogP contribution in [-0.2, 0) is 31.5 Å². The van der Waals surface area contributed by atoms with E-state index in [9.17, 15) is 40.3 Å². The summed E-state index contributed by atoms with van der Waals surface area (Å²) in [5, 5.41) is 18.3. The minimum atomic E-state index is -5.51. The van der Waals surface area contributed by atoms with E-state index >= 15 is 0 Å². The number of aliphatic hydroxyl groups is 1. The van der Waals surface area contributed by atoms with Crippen molar-refractivity contribution in [3.8, 4) is 0 Å². The van der Waals surface area contributed by atoms with Gasteiger partial charge in [-0.25, -0.2) is 26.9 Å². The zero-order valence-corrected chi connectivity index (χ0v) is 25.5. The minimum Gasteiger partial charge on any atom is -0.383 e. The maximum absolute atomic E-state index is 14.9. The average molecular weight is 681 g/mol. The van der Waals surface area contributed by atoms with Crippen molar-refractivity contribution in [3.05, 3.63) is 108 Å². The highest BCUT2D eigenvalue weighted by molar-refractivity contribution is 7.92. The summed E-state index contributed by atoms with van der Waals surface area (Å²) in [5.74, 6) is -2.98. The monoisotopic (exact) mass is 680 g/mol. The van der Waals surface area contributed by atoms with E-state index in [2.05, 4.69) is 15.4 Å². The Balaban J connectivity index is 1.18. The third-order valence-electron chi connectivity index (χ3n) is 7.91. The van der Waals surface area contributed by atoms with Gasteiger partial charge in [-0.15, -0.1) is 0 Å². The lowest BCUT2D eigenvalue weighted by Gasteiger charge is -2.38. The van der Waals surface area contributed by atoms with E-state index in [1.165, 1.54) is 35.5 Å². The molecular weight excluding hydrogens is 651 g/mol. The number of halogens is 5. The molecule has 1 aromatic heterocycles. The number of alkyl halides is 3. The van der Waals surface area contributed by atoms with E-state index in [1.807, 2.05) is 0 Å². The highest BCUT2D eigenvalue weighted by Crippen LogP contribution is 2.39. The molecule has 250 valence electrons. The van der Waals surface area contributed by atoms with Crippen molar-refractivity contribution in [1.29, 1.82) is 0 Å². The van der Waals surface area contributed by atoms with Gasteiger partial charge >= 0.3 is 5.51 Å². The van der Waals surface area contributed by atoms with Crippen molar-refractivity contribution < 1.29 is 49.7 Å². The number of ether oxygens (including phenoxy) is 2. The lowest BCUT2D eigenvalue weighted by atomic mass is 9.77. The van der Waals surface area contributed by atoms with E-state index < -0.39 is 55.6 Å². The minimum absolute atomic E-state index is 0.0760. The molecular formula is C31H29F5N4O6S. The molecule has 1 amide bonds. The van der Waals surface area contributed by atoms with E-state index in [1.54, 1.807) is 19.1 Å². The van der Waals surface area contributed by atoms with E-state index in [-0.39, 0.29) is 42.5 Å². The van der Waals surface area contributed by atoms with Crippen LogP contribution in [-0.4, -0.2) is 52.9 Å². The molecule has 2 unspecified atom stereocenters. The molecule has 1 fully saturated rings. The number of nitrogens with one attached hydrogen (secondary N) is 1. The Morgan fingerprint density at radius 1 is 1.04 bits per heavy atom. The standard InChI is InChI=1S/C31H29F5N4O6S/c1-19(30(42,16-40-18-37-17-38-40)26-11-6-23(32)13-27(26)33)12-20-14-45-29(46-15-20)22-4-2-21(3-5-22)28(41)39-24-7-9-25(10-8-24)47(43,44)31(34,35)36/h2-11,13,17-20,29,42H,12,14-16H2,1H3,(H,39,41). The Bertz CT molecular complexity index is 1800. The number of carbonyl (C=O) groups is 1. The Labute approximate surface area is 266 Å². The van der Waals surface area contributed by atoms with Gasteiger partial charge < -0.3 is 19.9 Å². The van der Waals surface area contributed by atoms with Crippen molar-refractivity contribution >= 4 is 21.4 Å². The summed E-state index contributed by atoms with van der Waals surface area (Å²) >= 11 is 0. The van der Waals surface area contributed by atoms with Crippen LogP contribution in [0.1, 0.15) is 41.1 Å².